The van der Waals surface area contributed by atoms with Crippen LogP contribution in [-0.4, -0.2) is 152 Å². The first-order chi connectivity index (χ1) is 37.8. The van der Waals surface area contributed by atoms with E-state index >= 15 is 0 Å². The Morgan fingerprint density at radius 2 is 1.09 bits per heavy atom. The molecule has 4 aliphatic rings. The molecule has 2 fully saturated rings. The standard InChI is InChI=1S/C60H86N10O10/c1-33(61-9)51(71)67-49(59(3,4)5)57(77)69-31-39(27-47(69)55(75)65-45-20-14-16-35-22-24-41(79-11)29-43(35)45)63-53(73)37-18-13-19-38(26-37)54(74)64-40-28-48(56(76)66-46-21-15-17-36-23-25-42(80-12)30-44(36)46)70(32-40)58(78)50(60(6,7)8)68-52(72)34(2)62-10/h13,18-19,22-26,29-30,33-34,39-40,45-50,57,61-62,77H,14-17,20-21,27-28,31-32H2,1-12H3,(H,63,73)(H,64,74)(H,65,75)(H,66,76)(H,67,71)(H,68,72). The normalized spacial score (nSPS) is 22.9. The van der Waals surface area contributed by atoms with Crippen molar-refractivity contribution < 1.29 is 48.1 Å². The molecule has 2 aliphatic heterocycles. The number of rotatable bonds is 19. The van der Waals surface area contributed by atoms with Gasteiger partial charge in [-0.15, -0.1) is 0 Å². The van der Waals surface area contributed by atoms with Crippen molar-refractivity contribution in [2.45, 2.75) is 173 Å². The molecule has 0 saturated carbocycles. The molecule has 7 rings (SSSR count). The van der Waals surface area contributed by atoms with Gasteiger partial charge < -0.3 is 62.0 Å². The van der Waals surface area contributed by atoms with Crippen molar-refractivity contribution in [1.29, 1.82) is 0 Å². The third-order valence-electron chi connectivity index (χ3n) is 16.5. The van der Waals surface area contributed by atoms with Crippen molar-refractivity contribution in [3.8, 4) is 11.5 Å². The number of benzene rings is 3. The number of aryl methyl sites for hydroxylation is 2. The summed E-state index contributed by atoms with van der Waals surface area (Å²) in [4.78, 5) is 102. The molecule has 20 heteroatoms. The predicted octanol–water partition coefficient (Wildman–Crippen LogP) is 3.56. The number of likely N-dealkylation sites (N-methyl/N-ethyl adjacent to an activating group) is 2. The third kappa shape index (κ3) is 14.3. The van der Waals surface area contributed by atoms with Crippen LogP contribution in [0.5, 0.6) is 11.5 Å². The van der Waals surface area contributed by atoms with E-state index < -0.39 is 89.0 Å². The van der Waals surface area contributed by atoms with Crippen molar-refractivity contribution in [1.82, 2.24) is 52.3 Å². The second-order valence-electron chi connectivity index (χ2n) is 24.2. The zero-order valence-electron chi connectivity index (χ0n) is 48.7. The minimum Gasteiger partial charge on any atom is -0.497 e. The van der Waals surface area contributed by atoms with Gasteiger partial charge in [-0.2, -0.15) is 0 Å². The lowest BCUT2D eigenvalue weighted by atomic mass is 9.84. The smallest absolute Gasteiger partial charge is 0.251 e. The number of aliphatic hydroxyl groups excluding tert-OH is 1. The van der Waals surface area contributed by atoms with Crippen LogP contribution in [0.2, 0.25) is 0 Å². The number of carbonyl (C=O) groups excluding carboxylic acids is 7. The molecule has 2 aliphatic carbocycles. The highest BCUT2D eigenvalue weighted by molar-refractivity contribution is 6.00. The van der Waals surface area contributed by atoms with Crippen LogP contribution >= 0.6 is 0 Å². The monoisotopic (exact) mass is 1110 g/mol. The number of fused-ring (bicyclic) bond motifs is 2. The molecule has 3 aromatic rings. The number of nitrogens with zero attached hydrogens (tertiary/aromatic N) is 2. The Labute approximate surface area is 471 Å². The van der Waals surface area contributed by atoms with Crippen LogP contribution in [0.25, 0.3) is 0 Å². The van der Waals surface area contributed by atoms with E-state index in [0.717, 1.165) is 47.9 Å². The number of aliphatic hydroxyl groups is 1. The Morgan fingerprint density at radius 1 is 0.613 bits per heavy atom. The number of likely N-dealkylation sites (tertiary alicyclic amines) is 2. The van der Waals surface area contributed by atoms with Gasteiger partial charge in [0.1, 0.15) is 29.8 Å². The number of nitrogens with one attached hydrogen (secondary N) is 8. The van der Waals surface area contributed by atoms with Gasteiger partial charge in [0.15, 0.2) is 0 Å². The first kappa shape index (κ1) is 61.0. The Bertz CT molecular complexity index is 2760. The Hall–Kier alpha value is -6.61. The first-order valence-electron chi connectivity index (χ1n) is 28.2. The highest BCUT2D eigenvalue weighted by Crippen LogP contribution is 2.36. The lowest BCUT2D eigenvalue weighted by Crippen LogP contribution is -2.62. The second kappa shape index (κ2) is 25.9. The molecule has 3 aromatic carbocycles. The SMILES string of the molecule is CNC(C)C(=O)NC(C(=O)N1CC(NC(=O)c2cccc(C(=O)NC3CC(C(=O)NC4CCCc5ccc(OC)cc54)N(C(O)C(NC(=O)C(C)NC)C(C)(C)C)C3)c2)CC1C(=O)NC1CCCc2ccc(OC)cc21)C(C)(C)C. The van der Waals surface area contributed by atoms with Crippen LogP contribution in [0.15, 0.2) is 60.7 Å². The Kier molecular flexibility index (Phi) is 19.7. The van der Waals surface area contributed by atoms with E-state index in [-0.39, 0.29) is 66.9 Å². The van der Waals surface area contributed by atoms with Crippen LogP contribution in [0.1, 0.15) is 149 Å². The summed E-state index contributed by atoms with van der Waals surface area (Å²) in [5, 5.41) is 36.7. The Morgan fingerprint density at radius 3 is 1.56 bits per heavy atom. The second-order valence-corrected chi connectivity index (χ2v) is 24.2. The van der Waals surface area contributed by atoms with Crippen molar-refractivity contribution in [2.75, 3.05) is 41.4 Å². The van der Waals surface area contributed by atoms with E-state index in [1.807, 2.05) is 77.9 Å². The number of ether oxygens (including phenoxy) is 2. The fourth-order valence-electron chi connectivity index (χ4n) is 11.5. The molecule has 2 heterocycles. The molecule has 80 heavy (non-hydrogen) atoms. The van der Waals surface area contributed by atoms with Crippen LogP contribution in [-0.2, 0) is 36.8 Å². The van der Waals surface area contributed by atoms with E-state index in [9.17, 15) is 38.7 Å². The maximum absolute atomic E-state index is 14.8. The molecule has 0 radical (unpaired) electrons. The van der Waals surface area contributed by atoms with Crippen LogP contribution in [0.3, 0.4) is 0 Å². The zero-order valence-corrected chi connectivity index (χ0v) is 48.7. The van der Waals surface area contributed by atoms with Crippen LogP contribution in [0.4, 0.5) is 0 Å². The summed E-state index contributed by atoms with van der Waals surface area (Å²) in [5.41, 5.74) is 3.01. The summed E-state index contributed by atoms with van der Waals surface area (Å²) >= 11 is 0. The Balaban J connectivity index is 1.10. The number of methoxy groups -OCH3 is 2. The van der Waals surface area contributed by atoms with Crippen LogP contribution in [0, 0.1) is 10.8 Å². The van der Waals surface area contributed by atoms with Gasteiger partial charge in [0.05, 0.1) is 50.5 Å². The van der Waals surface area contributed by atoms with Gasteiger partial charge in [0, 0.05) is 36.3 Å². The molecule has 0 aromatic heterocycles. The number of carbonyl (C=O) groups is 7. The first-order valence-corrected chi connectivity index (χ1v) is 28.2. The van der Waals surface area contributed by atoms with Crippen molar-refractivity contribution >= 4 is 41.4 Å². The van der Waals surface area contributed by atoms with E-state index in [2.05, 4.69) is 42.5 Å². The maximum atomic E-state index is 14.8. The molecule has 9 N–H and O–H groups in total. The van der Waals surface area contributed by atoms with Gasteiger partial charge in [-0.25, -0.2) is 0 Å². The summed E-state index contributed by atoms with van der Waals surface area (Å²) < 4.78 is 11.1. The maximum Gasteiger partial charge on any atom is 0.251 e. The van der Waals surface area contributed by atoms with Crippen molar-refractivity contribution in [3.05, 3.63) is 94.0 Å². The van der Waals surface area contributed by atoms with E-state index in [4.69, 9.17) is 9.47 Å². The highest BCUT2D eigenvalue weighted by atomic mass is 16.5. The van der Waals surface area contributed by atoms with Crippen molar-refractivity contribution in [2.24, 2.45) is 10.8 Å². The topological polar surface area (TPSA) is 261 Å². The van der Waals surface area contributed by atoms with Crippen LogP contribution < -0.4 is 52.0 Å². The van der Waals surface area contributed by atoms with E-state index in [1.165, 1.54) is 11.0 Å². The molecule has 2 saturated heterocycles. The summed E-state index contributed by atoms with van der Waals surface area (Å²) in [7, 11) is 6.51. The van der Waals surface area contributed by atoms with Gasteiger partial charge in [-0.3, -0.25) is 38.5 Å². The highest BCUT2D eigenvalue weighted by Gasteiger charge is 2.48. The molecule has 436 valence electrons. The lowest BCUT2D eigenvalue weighted by molar-refractivity contribution is -0.144. The summed E-state index contributed by atoms with van der Waals surface area (Å²) in [5.74, 6) is -1.61. The summed E-state index contributed by atoms with van der Waals surface area (Å²) in [6.45, 7) is 14.6. The van der Waals surface area contributed by atoms with Crippen molar-refractivity contribution in [3.63, 3.8) is 0 Å². The van der Waals surface area contributed by atoms with E-state index in [1.54, 1.807) is 65.3 Å². The van der Waals surface area contributed by atoms with E-state index in [0.29, 0.717) is 24.3 Å². The minimum absolute atomic E-state index is 0.0313. The van der Waals surface area contributed by atoms with Gasteiger partial charge >= 0.3 is 0 Å². The number of hydrogen-bond acceptors (Lipinski definition) is 13. The van der Waals surface area contributed by atoms with Gasteiger partial charge in [0.2, 0.25) is 29.5 Å². The molecule has 11 unspecified atom stereocenters. The fourth-order valence-corrected chi connectivity index (χ4v) is 11.5. The van der Waals surface area contributed by atoms with Gasteiger partial charge in [-0.1, -0.05) is 59.7 Å². The molecule has 20 nitrogen and oxygen atoms in total. The third-order valence-corrected chi connectivity index (χ3v) is 16.5. The molecule has 0 bridgehead atoms. The minimum atomic E-state index is -1.34. The van der Waals surface area contributed by atoms with Gasteiger partial charge in [0.25, 0.3) is 11.8 Å². The quantitative estimate of drug-likeness (QED) is 0.0834. The number of amides is 7. The number of hydrogen-bond donors (Lipinski definition) is 9. The molecule has 0 spiro atoms. The average Bonchev–Trinajstić information content (AvgIpc) is 4.07. The molecular weight excluding hydrogens is 1020 g/mol. The largest absolute Gasteiger partial charge is 0.497 e. The van der Waals surface area contributed by atoms with Gasteiger partial charge in [-0.05, 0) is 155 Å². The molecular formula is C60H86N10O10. The summed E-state index contributed by atoms with van der Waals surface area (Å²) in [6.07, 6.45) is 3.65. The predicted molar refractivity (Wildman–Crippen MR) is 304 cm³/mol. The summed E-state index contributed by atoms with van der Waals surface area (Å²) in [6, 6.07) is 11.0. The molecule has 7 amide bonds. The zero-order chi connectivity index (χ0) is 58.4. The fraction of sp³-hybridized carbons (Fsp3) is 0.583. The average molecular weight is 1110 g/mol. The lowest BCUT2D eigenvalue weighted by Gasteiger charge is -2.41. The molecule has 11 atom stereocenters.